The van der Waals surface area contributed by atoms with Crippen molar-refractivity contribution < 1.29 is 9.53 Å². The van der Waals surface area contributed by atoms with Gasteiger partial charge in [-0.15, -0.1) is 0 Å². The van der Waals surface area contributed by atoms with Gasteiger partial charge < -0.3 is 15.0 Å². The maximum absolute atomic E-state index is 12.1. The molecule has 0 fully saturated rings. The summed E-state index contributed by atoms with van der Waals surface area (Å²) in [6, 6.07) is 24.0. The van der Waals surface area contributed by atoms with Crippen LogP contribution in [0.5, 0.6) is 0 Å². The summed E-state index contributed by atoms with van der Waals surface area (Å²) in [6.45, 7) is 1.65. The lowest BCUT2D eigenvalue weighted by Gasteiger charge is -2.24. The molecule has 0 saturated carbocycles. The second kappa shape index (κ2) is 9.50. The zero-order valence-electron chi connectivity index (χ0n) is 15.3. The molecule has 1 N–H and O–H groups in total. The van der Waals surface area contributed by atoms with Gasteiger partial charge in [-0.25, -0.2) is 4.98 Å². The van der Waals surface area contributed by atoms with Gasteiger partial charge in [0.1, 0.15) is 5.82 Å². The van der Waals surface area contributed by atoms with Crippen LogP contribution >= 0.6 is 0 Å². The Hall–Kier alpha value is -3.18. The number of benzene rings is 2. The van der Waals surface area contributed by atoms with Gasteiger partial charge in [0.2, 0.25) is 0 Å². The molecule has 0 bridgehead atoms. The SMILES string of the molecule is COCCNC(=O)c1ccc(N(Cc2ccccc2)c2ccccc2)nc1. The summed E-state index contributed by atoms with van der Waals surface area (Å²) in [5.74, 6) is 0.638. The molecule has 5 heteroatoms. The van der Waals surface area contributed by atoms with E-state index in [1.54, 1.807) is 19.4 Å². The van der Waals surface area contributed by atoms with Crippen LogP contribution in [0.4, 0.5) is 11.5 Å². The number of nitrogens with zero attached hydrogens (tertiary/aromatic N) is 2. The number of carbonyl (C=O) groups excluding carboxylic acids is 1. The zero-order valence-corrected chi connectivity index (χ0v) is 15.3. The summed E-state index contributed by atoms with van der Waals surface area (Å²) in [5, 5.41) is 2.80. The predicted octanol–water partition coefficient (Wildman–Crippen LogP) is 3.80. The Kier molecular flexibility index (Phi) is 6.55. The van der Waals surface area contributed by atoms with E-state index >= 15 is 0 Å². The minimum absolute atomic E-state index is 0.152. The minimum Gasteiger partial charge on any atom is -0.383 e. The van der Waals surface area contributed by atoms with Crippen molar-refractivity contribution in [3.05, 3.63) is 90.1 Å². The van der Waals surface area contributed by atoms with E-state index in [2.05, 4.69) is 39.5 Å². The molecule has 0 aliphatic heterocycles. The Morgan fingerprint density at radius 1 is 1.00 bits per heavy atom. The number of carbonyl (C=O) groups is 1. The first-order valence-corrected chi connectivity index (χ1v) is 8.87. The molecule has 0 spiro atoms. The van der Waals surface area contributed by atoms with Crippen LogP contribution in [0.2, 0.25) is 0 Å². The van der Waals surface area contributed by atoms with Crippen LogP contribution in [-0.4, -0.2) is 31.2 Å². The summed E-state index contributed by atoms with van der Waals surface area (Å²) < 4.78 is 4.95. The average Bonchev–Trinajstić information content (AvgIpc) is 2.74. The van der Waals surface area contributed by atoms with Crippen LogP contribution in [-0.2, 0) is 11.3 Å². The van der Waals surface area contributed by atoms with Crippen molar-refractivity contribution in [3.8, 4) is 0 Å². The molecule has 1 aromatic heterocycles. The number of pyridine rings is 1. The Labute approximate surface area is 159 Å². The molecule has 0 radical (unpaired) electrons. The fourth-order valence-electron chi connectivity index (χ4n) is 2.73. The van der Waals surface area contributed by atoms with Crippen molar-refractivity contribution in [1.82, 2.24) is 10.3 Å². The van der Waals surface area contributed by atoms with Gasteiger partial charge in [0.15, 0.2) is 0 Å². The third-order valence-electron chi connectivity index (χ3n) is 4.13. The number of hydrogen-bond donors (Lipinski definition) is 1. The third kappa shape index (κ3) is 5.15. The molecule has 1 amide bonds. The number of nitrogens with one attached hydrogen (secondary N) is 1. The summed E-state index contributed by atoms with van der Waals surface area (Å²) in [7, 11) is 1.60. The molecule has 138 valence electrons. The van der Waals surface area contributed by atoms with Gasteiger partial charge in [0.05, 0.1) is 12.2 Å². The fourth-order valence-corrected chi connectivity index (χ4v) is 2.73. The molecule has 2 aromatic carbocycles. The predicted molar refractivity (Wildman–Crippen MR) is 107 cm³/mol. The highest BCUT2D eigenvalue weighted by Crippen LogP contribution is 2.25. The van der Waals surface area contributed by atoms with Crippen LogP contribution in [0.3, 0.4) is 0 Å². The summed E-state index contributed by atoms with van der Waals surface area (Å²) >= 11 is 0. The highest BCUT2D eigenvalue weighted by atomic mass is 16.5. The molecule has 0 aliphatic carbocycles. The lowest BCUT2D eigenvalue weighted by Crippen LogP contribution is -2.27. The number of para-hydroxylation sites is 1. The molecule has 27 heavy (non-hydrogen) atoms. The van der Waals surface area contributed by atoms with Gasteiger partial charge in [-0.2, -0.15) is 0 Å². The van der Waals surface area contributed by atoms with E-state index in [9.17, 15) is 4.79 Å². The normalized spacial score (nSPS) is 10.4. The van der Waals surface area contributed by atoms with E-state index in [1.807, 2.05) is 42.5 Å². The first kappa shape index (κ1) is 18.6. The number of ether oxygens (including phenoxy) is 1. The van der Waals surface area contributed by atoms with E-state index in [-0.39, 0.29) is 5.91 Å². The largest absolute Gasteiger partial charge is 0.383 e. The van der Waals surface area contributed by atoms with Crippen molar-refractivity contribution in [2.24, 2.45) is 0 Å². The van der Waals surface area contributed by atoms with Crippen LogP contribution in [0.1, 0.15) is 15.9 Å². The average molecular weight is 361 g/mol. The molecule has 0 aliphatic rings. The Morgan fingerprint density at radius 3 is 2.33 bits per heavy atom. The molecule has 0 unspecified atom stereocenters. The summed E-state index contributed by atoms with van der Waals surface area (Å²) in [4.78, 5) is 18.8. The minimum atomic E-state index is -0.152. The number of hydrogen-bond acceptors (Lipinski definition) is 4. The fraction of sp³-hybridized carbons (Fsp3) is 0.182. The van der Waals surface area contributed by atoms with Crippen molar-refractivity contribution >= 4 is 17.4 Å². The molecule has 3 rings (SSSR count). The Bertz CT molecular complexity index is 836. The molecule has 3 aromatic rings. The van der Waals surface area contributed by atoms with Gasteiger partial charge in [0.25, 0.3) is 5.91 Å². The van der Waals surface area contributed by atoms with E-state index in [4.69, 9.17) is 4.74 Å². The smallest absolute Gasteiger partial charge is 0.252 e. The number of aromatic nitrogens is 1. The molecule has 1 heterocycles. The second-order valence-electron chi connectivity index (χ2n) is 6.06. The molecule has 0 atom stereocenters. The van der Waals surface area contributed by atoms with Crippen molar-refractivity contribution in [2.75, 3.05) is 25.2 Å². The first-order chi connectivity index (χ1) is 13.3. The highest BCUT2D eigenvalue weighted by molar-refractivity contribution is 5.94. The Morgan fingerprint density at radius 2 is 1.70 bits per heavy atom. The quantitative estimate of drug-likeness (QED) is 0.620. The standard InChI is InChI=1S/C22H23N3O2/c1-27-15-14-23-22(26)19-12-13-21(24-16-19)25(20-10-6-3-7-11-20)17-18-8-4-2-5-9-18/h2-13,16H,14-15,17H2,1H3,(H,23,26). The van der Waals surface area contributed by atoms with E-state index < -0.39 is 0 Å². The van der Waals surface area contributed by atoms with Gasteiger partial charge in [0, 0.05) is 32.1 Å². The zero-order chi connectivity index (χ0) is 18.9. The number of amides is 1. The van der Waals surface area contributed by atoms with Crippen LogP contribution in [0.15, 0.2) is 79.0 Å². The van der Waals surface area contributed by atoms with Crippen molar-refractivity contribution in [1.29, 1.82) is 0 Å². The van der Waals surface area contributed by atoms with Gasteiger partial charge >= 0.3 is 0 Å². The molecule has 5 nitrogen and oxygen atoms in total. The molecular weight excluding hydrogens is 338 g/mol. The van der Waals surface area contributed by atoms with Crippen LogP contribution < -0.4 is 10.2 Å². The molecule has 0 saturated heterocycles. The maximum Gasteiger partial charge on any atom is 0.252 e. The lowest BCUT2D eigenvalue weighted by atomic mass is 10.2. The Balaban J connectivity index is 1.81. The van der Waals surface area contributed by atoms with Gasteiger partial charge in [-0.1, -0.05) is 48.5 Å². The van der Waals surface area contributed by atoms with E-state index in [0.717, 1.165) is 11.5 Å². The summed E-state index contributed by atoms with van der Waals surface area (Å²) in [6.07, 6.45) is 1.61. The van der Waals surface area contributed by atoms with Crippen LogP contribution in [0, 0.1) is 0 Å². The van der Waals surface area contributed by atoms with Gasteiger partial charge in [-0.05, 0) is 29.8 Å². The van der Waals surface area contributed by atoms with E-state index in [0.29, 0.717) is 25.3 Å². The van der Waals surface area contributed by atoms with Gasteiger partial charge in [-0.3, -0.25) is 4.79 Å². The topological polar surface area (TPSA) is 54.5 Å². The second-order valence-corrected chi connectivity index (χ2v) is 6.06. The van der Waals surface area contributed by atoms with Crippen molar-refractivity contribution in [2.45, 2.75) is 6.54 Å². The maximum atomic E-state index is 12.1. The highest BCUT2D eigenvalue weighted by Gasteiger charge is 2.13. The number of anilines is 2. The van der Waals surface area contributed by atoms with Crippen LogP contribution in [0.25, 0.3) is 0 Å². The van der Waals surface area contributed by atoms with Crippen molar-refractivity contribution in [3.63, 3.8) is 0 Å². The summed E-state index contributed by atoms with van der Waals surface area (Å²) in [5.41, 5.74) is 2.76. The monoisotopic (exact) mass is 361 g/mol. The first-order valence-electron chi connectivity index (χ1n) is 8.87. The lowest BCUT2D eigenvalue weighted by molar-refractivity contribution is 0.0937. The molecular formula is C22H23N3O2. The number of methoxy groups -OCH3 is 1. The van der Waals surface area contributed by atoms with E-state index in [1.165, 1.54) is 5.56 Å². The number of rotatable bonds is 8. The third-order valence-corrected chi connectivity index (χ3v) is 4.13.